The minimum Gasteiger partial charge on any atom is -0.506 e. The van der Waals surface area contributed by atoms with Crippen molar-refractivity contribution in [2.45, 2.75) is 19.8 Å². The number of halogens is 3. The fourth-order valence-corrected chi connectivity index (χ4v) is 1.39. The van der Waals surface area contributed by atoms with Crippen molar-refractivity contribution >= 4 is 17.6 Å². The zero-order valence-corrected chi connectivity index (χ0v) is 9.67. The second-order valence-electron chi connectivity index (χ2n) is 3.10. The van der Waals surface area contributed by atoms with Crippen LogP contribution < -0.4 is 0 Å². The molecule has 0 aromatic carbocycles. The summed E-state index contributed by atoms with van der Waals surface area (Å²) in [5, 5.41) is 9.07. The highest BCUT2D eigenvalue weighted by molar-refractivity contribution is 6.31. The maximum Gasteiger partial charge on any atom is 0.312 e. The fraction of sp³-hybridized carbons (Fsp3) is 0.400. The van der Waals surface area contributed by atoms with Crippen LogP contribution in [0.4, 0.5) is 8.78 Å². The molecule has 0 aliphatic heterocycles. The van der Waals surface area contributed by atoms with Gasteiger partial charge in [0.1, 0.15) is 11.4 Å². The van der Waals surface area contributed by atoms with Crippen molar-refractivity contribution in [3.8, 4) is 5.75 Å². The Hall–Kier alpha value is -1.43. The standard InChI is InChI=1S/C10H10ClF2NO3/c1-2-17-8(16)4-6-7(15)3-5(11)9(14-6)10(12)13/h3,10,15H,2,4H2,1H3. The van der Waals surface area contributed by atoms with Gasteiger partial charge in [0, 0.05) is 6.07 Å². The largest absolute Gasteiger partial charge is 0.506 e. The lowest BCUT2D eigenvalue weighted by Gasteiger charge is -2.08. The van der Waals surface area contributed by atoms with Crippen molar-refractivity contribution < 1.29 is 23.4 Å². The Morgan fingerprint density at radius 2 is 2.29 bits per heavy atom. The minimum absolute atomic E-state index is 0.162. The highest BCUT2D eigenvalue weighted by atomic mass is 35.5. The van der Waals surface area contributed by atoms with Crippen LogP contribution in [0.1, 0.15) is 24.7 Å². The molecule has 1 aromatic rings. The van der Waals surface area contributed by atoms with E-state index >= 15 is 0 Å². The number of aromatic hydroxyl groups is 1. The maximum absolute atomic E-state index is 12.5. The van der Waals surface area contributed by atoms with Crippen LogP contribution in [-0.4, -0.2) is 22.7 Å². The highest BCUT2D eigenvalue weighted by Gasteiger charge is 2.19. The number of aromatic nitrogens is 1. The molecule has 1 aromatic heterocycles. The van der Waals surface area contributed by atoms with Gasteiger partial charge in [0.05, 0.1) is 23.7 Å². The first-order chi connectivity index (χ1) is 7.95. The van der Waals surface area contributed by atoms with E-state index in [0.29, 0.717) is 0 Å². The smallest absolute Gasteiger partial charge is 0.312 e. The van der Waals surface area contributed by atoms with Gasteiger partial charge in [-0.15, -0.1) is 0 Å². The van der Waals surface area contributed by atoms with Crippen LogP contribution in [0.25, 0.3) is 0 Å². The van der Waals surface area contributed by atoms with Gasteiger partial charge in [-0.3, -0.25) is 4.79 Å². The Labute approximate surface area is 101 Å². The summed E-state index contributed by atoms with van der Waals surface area (Å²) in [6.07, 6.45) is -3.25. The molecule has 94 valence electrons. The maximum atomic E-state index is 12.5. The zero-order valence-electron chi connectivity index (χ0n) is 8.91. The van der Waals surface area contributed by atoms with Crippen molar-refractivity contribution in [1.82, 2.24) is 4.98 Å². The van der Waals surface area contributed by atoms with E-state index in [1.807, 2.05) is 0 Å². The van der Waals surface area contributed by atoms with Gasteiger partial charge in [0.25, 0.3) is 6.43 Å². The van der Waals surface area contributed by atoms with Crippen LogP contribution in [0.3, 0.4) is 0 Å². The number of carbonyl (C=O) groups excluding carboxylic acids is 1. The molecule has 4 nitrogen and oxygen atoms in total. The lowest BCUT2D eigenvalue weighted by atomic mass is 10.2. The van der Waals surface area contributed by atoms with Gasteiger partial charge >= 0.3 is 5.97 Å². The first-order valence-corrected chi connectivity index (χ1v) is 5.15. The topological polar surface area (TPSA) is 59.4 Å². The SMILES string of the molecule is CCOC(=O)Cc1nc(C(F)F)c(Cl)cc1O. The number of rotatable bonds is 4. The van der Waals surface area contributed by atoms with Gasteiger partial charge in [-0.1, -0.05) is 11.6 Å². The second kappa shape index (κ2) is 5.77. The normalized spacial score (nSPS) is 10.6. The molecular weight excluding hydrogens is 256 g/mol. The summed E-state index contributed by atoms with van der Waals surface area (Å²) < 4.78 is 29.6. The number of alkyl halides is 2. The van der Waals surface area contributed by atoms with Crippen molar-refractivity contribution in [2.24, 2.45) is 0 Å². The van der Waals surface area contributed by atoms with Gasteiger partial charge in [-0.25, -0.2) is 13.8 Å². The molecule has 0 unspecified atom stereocenters. The zero-order chi connectivity index (χ0) is 13.0. The van der Waals surface area contributed by atoms with Crippen molar-refractivity contribution in [3.05, 3.63) is 22.5 Å². The molecule has 0 saturated heterocycles. The van der Waals surface area contributed by atoms with Crippen LogP contribution in [-0.2, 0) is 16.0 Å². The van der Waals surface area contributed by atoms with E-state index in [9.17, 15) is 18.7 Å². The molecule has 1 heterocycles. The summed E-state index contributed by atoms with van der Waals surface area (Å²) in [4.78, 5) is 14.6. The summed E-state index contributed by atoms with van der Waals surface area (Å²) in [5.74, 6) is -1.06. The quantitative estimate of drug-likeness (QED) is 0.850. The van der Waals surface area contributed by atoms with Gasteiger partial charge in [0.15, 0.2) is 0 Å². The molecule has 0 fully saturated rings. The molecule has 1 rings (SSSR count). The lowest BCUT2D eigenvalue weighted by molar-refractivity contribution is -0.142. The van der Waals surface area contributed by atoms with Crippen LogP contribution >= 0.6 is 11.6 Å². The van der Waals surface area contributed by atoms with Gasteiger partial charge in [-0.05, 0) is 6.92 Å². The van der Waals surface area contributed by atoms with Crippen LogP contribution in [0.5, 0.6) is 5.75 Å². The van der Waals surface area contributed by atoms with Crippen LogP contribution in [0.15, 0.2) is 6.07 Å². The molecule has 0 radical (unpaired) electrons. The summed E-state index contributed by atoms with van der Waals surface area (Å²) in [6.45, 7) is 1.77. The van der Waals surface area contributed by atoms with Crippen molar-refractivity contribution in [3.63, 3.8) is 0 Å². The number of nitrogens with zero attached hydrogens (tertiary/aromatic N) is 1. The Balaban J connectivity index is 2.99. The summed E-state index contributed by atoms with van der Waals surface area (Å²) in [5.41, 5.74) is -0.841. The van der Waals surface area contributed by atoms with E-state index in [0.717, 1.165) is 6.07 Å². The van der Waals surface area contributed by atoms with E-state index in [2.05, 4.69) is 9.72 Å². The number of pyridine rings is 1. The fourth-order valence-electron chi connectivity index (χ4n) is 1.17. The van der Waals surface area contributed by atoms with Crippen molar-refractivity contribution in [2.75, 3.05) is 6.61 Å². The molecule has 0 aliphatic carbocycles. The van der Waals surface area contributed by atoms with Gasteiger partial charge < -0.3 is 9.84 Å². The van der Waals surface area contributed by atoms with Crippen LogP contribution in [0.2, 0.25) is 5.02 Å². The minimum atomic E-state index is -2.87. The predicted molar refractivity (Wildman–Crippen MR) is 56.2 cm³/mol. The van der Waals surface area contributed by atoms with E-state index < -0.39 is 23.8 Å². The molecule has 0 saturated carbocycles. The average Bonchev–Trinajstić information content (AvgIpc) is 2.21. The molecule has 0 amide bonds. The summed E-state index contributed by atoms with van der Waals surface area (Å²) in [6, 6.07) is 0.935. The first kappa shape index (κ1) is 13.6. The first-order valence-electron chi connectivity index (χ1n) is 4.77. The molecule has 7 heteroatoms. The third kappa shape index (κ3) is 3.52. The third-order valence-corrected chi connectivity index (χ3v) is 2.19. The molecule has 0 aliphatic rings. The van der Waals surface area contributed by atoms with Gasteiger partial charge in [0.2, 0.25) is 0 Å². The molecule has 0 spiro atoms. The molecule has 17 heavy (non-hydrogen) atoms. The van der Waals surface area contributed by atoms with E-state index in [4.69, 9.17) is 11.6 Å². The monoisotopic (exact) mass is 265 g/mol. The van der Waals surface area contributed by atoms with E-state index in [-0.39, 0.29) is 23.7 Å². The third-order valence-electron chi connectivity index (χ3n) is 1.88. The average molecular weight is 266 g/mol. The summed E-state index contributed by atoms with van der Waals surface area (Å²) >= 11 is 5.48. The molecule has 0 atom stereocenters. The molecular formula is C10H10ClF2NO3. The summed E-state index contributed by atoms with van der Waals surface area (Å²) in [7, 11) is 0. The van der Waals surface area contributed by atoms with Crippen LogP contribution in [0, 0.1) is 0 Å². The Morgan fingerprint density at radius 3 is 2.82 bits per heavy atom. The Kier molecular flexibility index (Phi) is 4.62. The number of ether oxygens (including phenoxy) is 1. The lowest BCUT2D eigenvalue weighted by Crippen LogP contribution is -2.10. The Bertz CT molecular complexity index is 426. The van der Waals surface area contributed by atoms with E-state index in [1.54, 1.807) is 6.92 Å². The predicted octanol–water partition coefficient (Wildman–Crippen LogP) is 2.48. The van der Waals surface area contributed by atoms with Crippen molar-refractivity contribution in [1.29, 1.82) is 0 Å². The highest BCUT2D eigenvalue weighted by Crippen LogP contribution is 2.30. The number of hydrogen-bond acceptors (Lipinski definition) is 4. The number of esters is 1. The molecule has 0 bridgehead atoms. The molecule has 1 N–H and O–H groups in total. The number of hydrogen-bond donors (Lipinski definition) is 1. The Morgan fingerprint density at radius 1 is 1.65 bits per heavy atom. The van der Waals surface area contributed by atoms with Gasteiger partial charge in [-0.2, -0.15) is 0 Å². The number of carbonyl (C=O) groups is 1. The van der Waals surface area contributed by atoms with E-state index in [1.165, 1.54) is 0 Å². The second-order valence-corrected chi connectivity index (χ2v) is 3.51.